The average molecular weight is 397 g/mol. The van der Waals surface area contributed by atoms with E-state index >= 15 is 0 Å². The van der Waals surface area contributed by atoms with Crippen molar-refractivity contribution in [3.63, 3.8) is 0 Å². The summed E-state index contributed by atoms with van der Waals surface area (Å²) in [4.78, 5) is 12.2. The summed E-state index contributed by atoms with van der Waals surface area (Å²) in [7, 11) is 0. The number of aliphatic hydroxyl groups excluding tert-OH is 1. The van der Waals surface area contributed by atoms with Crippen LogP contribution >= 0.6 is 0 Å². The molecule has 2 N–H and O–H groups in total. The molecule has 3 aromatic rings. The lowest BCUT2D eigenvalue weighted by atomic mass is 9.98. The molecule has 0 radical (unpaired) electrons. The Morgan fingerprint density at radius 2 is 1.70 bits per heavy atom. The van der Waals surface area contributed by atoms with Gasteiger partial charge in [0.15, 0.2) is 0 Å². The molecular formula is C26H23NO3. The number of nitrogens with one attached hydrogen (secondary N) is 1. The lowest BCUT2D eigenvalue weighted by Gasteiger charge is -2.14. The summed E-state index contributed by atoms with van der Waals surface area (Å²) in [6.07, 6.45) is -0.480. The molecule has 3 aromatic carbocycles. The quantitative estimate of drug-likeness (QED) is 0.643. The molecule has 0 heterocycles. The van der Waals surface area contributed by atoms with Gasteiger partial charge in [-0.1, -0.05) is 72.5 Å². The molecule has 1 amide bonds. The topological polar surface area (TPSA) is 58.6 Å². The van der Waals surface area contributed by atoms with Gasteiger partial charge in [0.25, 0.3) is 0 Å². The highest BCUT2D eigenvalue weighted by molar-refractivity contribution is 5.79. The van der Waals surface area contributed by atoms with Gasteiger partial charge in [0.1, 0.15) is 6.61 Å². The van der Waals surface area contributed by atoms with Crippen molar-refractivity contribution in [3.05, 3.63) is 94.5 Å². The minimum absolute atomic E-state index is 0.0209. The maximum atomic E-state index is 12.2. The van der Waals surface area contributed by atoms with Crippen molar-refractivity contribution in [2.45, 2.75) is 19.4 Å². The molecule has 0 aromatic heterocycles. The zero-order valence-electron chi connectivity index (χ0n) is 16.8. The number of carbonyl (C=O) groups is 1. The summed E-state index contributed by atoms with van der Waals surface area (Å²) in [6, 6.07) is 22.1. The van der Waals surface area contributed by atoms with E-state index in [0.717, 1.165) is 16.7 Å². The number of aryl methyl sites for hydroxylation is 1. The fourth-order valence-corrected chi connectivity index (χ4v) is 3.81. The van der Waals surface area contributed by atoms with Gasteiger partial charge in [-0.2, -0.15) is 0 Å². The van der Waals surface area contributed by atoms with Crippen LogP contribution in [0.5, 0.6) is 0 Å². The van der Waals surface area contributed by atoms with Gasteiger partial charge in [-0.05, 0) is 46.4 Å². The first-order valence-electron chi connectivity index (χ1n) is 9.95. The fourth-order valence-electron chi connectivity index (χ4n) is 3.81. The van der Waals surface area contributed by atoms with Crippen LogP contribution in [-0.4, -0.2) is 24.4 Å². The second kappa shape index (κ2) is 8.86. The molecule has 1 aliphatic carbocycles. The van der Waals surface area contributed by atoms with E-state index in [1.165, 1.54) is 22.3 Å². The third kappa shape index (κ3) is 4.07. The predicted octanol–water partition coefficient (Wildman–Crippen LogP) is 4.38. The van der Waals surface area contributed by atoms with Gasteiger partial charge in [-0.15, -0.1) is 0 Å². The van der Waals surface area contributed by atoms with Crippen molar-refractivity contribution < 1.29 is 14.6 Å². The second-order valence-corrected chi connectivity index (χ2v) is 7.29. The van der Waals surface area contributed by atoms with Crippen LogP contribution in [0.3, 0.4) is 0 Å². The molecule has 1 aliphatic rings. The van der Waals surface area contributed by atoms with Gasteiger partial charge in [0.05, 0.1) is 13.2 Å². The van der Waals surface area contributed by atoms with Crippen LogP contribution in [0.2, 0.25) is 0 Å². The maximum absolute atomic E-state index is 12.2. The van der Waals surface area contributed by atoms with Gasteiger partial charge in [0, 0.05) is 11.5 Å². The van der Waals surface area contributed by atoms with E-state index < -0.39 is 6.09 Å². The van der Waals surface area contributed by atoms with Gasteiger partial charge < -0.3 is 15.2 Å². The van der Waals surface area contributed by atoms with Crippen LogP contribution < -0.4 is 5.32 Å². The first-order valence-corrected chi connectivity index (χ1v) is 9.95. The Kier molecular flexibility index (Phi) is 5.83. The number of rotatable bonds is 4. The van der Waals surface area contributed by atoms with E-state index in [1.54, 1.807) is 0 Å². The zero-order chi connectivity index (χ0) is 20.9. The Hall–Kier alpha value is -3.55. The number of alkyl carbamates (subject to hydrolysis) is 1. The van der Waals surface area contributed by atoms with Crippen molar-refractivity contribution >= 4 is 6.09 Å². The summed E-state index contributed by atoms with van der Waals surface area (Å²) in [5.41, 5.74) is 7.46. The van der Waals surface area contributed by atoms with Gasteiger partial charge in [-0.3, -0.25) is 0 Å². The normalized spacial score (nSPS) is 11.8. The first kappa shape index (κ1) is 19.8. The predicted molar refractivity (Wildman–Crippen MR) is 117 cm³/mol. The monoisotopic (exact) mass is 397 g/mol. The Morgan fingerprint density at radius 1 is 1.03 bits per heavy atom. The first-order chi connectivity index (χ1) is 14.7. The van der Waals surface area contributed by atoms with Crippen LogP contribution in [0.15, 0.2) is 66.7 Å². The summed E-state index contributed by atoms with van der Waals surface area (Å²) >= 11 is 0. The highest BCUT2D eigenvalue weighted by Gasteiger charge is 2.28. The molecule has 0 atom stereocenters. The van der Waals surface area contributed by atoms with Crippen molar-refractivity contribution in [1.82, 2.24) is 5.32 Å². The highest BCUT2D eigenvalue weighted by Crippen LogP contribution is 2.44. The van der Waals surface area contributed by atoms with Gasteiger partial charge in [0.2, 0.25) is 0 Å². The minimum Gasteiger partial charge on any atom is -0.449 e. The minimum atomic E-state index is -0.480. The number of amides is 1. The van der Waals surface area contributed by atoms with E-state index in [1.807, 2.05) is 49.4 Å². The Bertz CT molecular complexity index is 1090. The van der Waals surface area contributed by atoms with E-state index in [4.69, 9.17) is 4.74 Å². The summed E-state index contributed by atoms with van der Waals surface area (Å²) in [5, 5.41) is 11.9. The number of ether oxygens (including phenoxy) is 1. The number of benzene rings is 3. The van der Waals surface area contributed by atoms with E-state index in [2.05, 4.69) is 41.4 Å². The SMILES string of the molecule is Cc1ccc(CO)cc1C#CCNC(=O)OCC1c2ccccc2-c2ccccc21. The molecule has 0 aliphatic heterocycles. The van der Waals surface area contributed by atoms with E-state index in [-0.39, 0.29) is 25.7 Å². The van der Waals surface area contributed by atoms with Crippen LogP contribution in [-0.2, 0) is 11.3 Å². The molecule has 0 saturated heterocycles. The third-order valence-electron chi connectivity index (χ3n) is 5.37. The van der Waals surface area contributed by atoms with E-state index in [9.17, 15) is 9.90 Å². The van der Waals surface area contributed by atoms with Crippen LogP contribution in [0.25, 0.3) is 11.1 Å². The summed E-state index contributed by atoms with van der Waals surface area (Å²) in [6.45, 7) is 2.42. The van der Waals surface area contributed by atoms with Crippen LogP contribution in [0.4, 0.5) is 4.79 Å². The van der Waals surface area contributed by atoms with Gasteiger partial charge >= 0.3 is 6.09 Å². The Morgan fingerprint density at radius 3 is 2.37 bits per heavy atom. The summed E-state index contributed by atoms with van der Waals surface area (Å²) in [5.74, 6) is 6.02. The number of carbonyl (C=O) groups excluding carboxylic acids is 1. The van der Waals surface area contributed by atoms with Crippen LogP contribution in [0.1, 0.15) is 33.7 Å². The second-order valence-electron chi connectivity index (χ2n) is 7.29. The Balaban J connectivity index is 1.35. The summed E-state index contributed by atoms with van der Waals surface area (Å²) < 4.78 is 5.50. The van der Waals surface area contributed by atoms with Crippen molar-refractivity contribution in [2.24, 2.45) is 0 Å². The van der Waals surface area contributed by atoms with E-state index in [0.29, 0.717) is 0 Å². The lowest BCUT2D eigenvalue weighted by molar-refractivity contribution is 0.144. The number of aliphatic hydroxyl groups is 1. The average Bonchev–Trinajstić information content (AvgIpc) is 3.10. The molecule has 4 rings (SSSR count). The molecule has 0 spiro atoms. The number of hydrogen-bond acceptors (Lipinski definition) is 3. The third-order valence-corrected chi connectivity index (χ3v) is 5.37. The van der Waals surface area contributed by atoms with Crippen molar-refractivity contribution in [3.8, 4) is 23.0 Å². The largest absolute Gasteiger partial charge is 0.449 e. The molecule has 0 bridgehead atoms. The molecule has 4 heteroatoms. The molecule has 0 saturated carbocycles. The zero-order valence-corrected chi connectivity index (χ0v) is 16.8. The lowest BCUT2D eigenvalue weighted by Crippen LogP contribution is -2.26. The number of hydrogen-bond donors (Lipinski definition) is 2. The molecule has 4 nitrogen and oxygen atoms in total. The Labute approximate surface area is 176 Å². The molecular weight excluding hydrogens is 374 g/mol. The fraction of sp³-hybridized carbons (Fsp3) is 0.192. The van der Waals surface area contributed by atoms with Crippen molar-refractivity contribution in [2.75, 3.05) is 13.2 Å². The van der Waals surface area contributed by atoms with Crippen molar-refractivity contribution in [1.29, 1.82) is 0 Å². The highest BCUT2D eigenvalue weighted by atomic mass is 16.5. The number of fused-ring (bicyclic) bond motifs is 3. The molecule has 30 heavy (non-hydrogen) atoms. The molecule has 150 valence electrons. The maximum Gasteiger partial charge on any atom is 0.407 e. The molecule has 0 unspecified atom stereocenters. The standard InChI is InChI=1S/C26H23NO3/c1-18-12-13-19(16-28)15-20(18)7-6-14-27-26(29)30-17-25-23-10-4-2-8-21(23)22-9-3-5-11-24(22)25/h2-5,8-13,15,25,28H,14,16-17H2,1H3,(H,27,29). The smallest absolute Gasteiger partial charge is 0.407 e. The van der Waals surface area contributed by atoms with Crippen LogP contribution in [0, 0.1) is 18.8 Å². The van der Waals surface area contributed by atoms with Gasteiger partial charge in [-0.25, -0.2) is 4.79 Å². The molecule has 0 fully saturated rings.